The van der Waals surface area contributed by atoms with Gasteiger partial charge in [-0.05, 0) is 25.2 Å². The van der Waals surface area contributed by atoms with Gasteiger partial charge in [0.1, 0.15) is 0 Å². The van der Waals surface area contributed by atoms with Gasteiger partial charge in [-0.3, -0.25) is 0 Å². The Kier molecular flexibility index (Phi) is 0.356. The van der Waals surface area contributed by atoms with Gasteiger partial charge in [-0.25, -0.2) is 0 Å². The average molecular weight is 102 g/mol. The van der Waals surface area contributed by atoms with E-state index in [1.165, 1.54) is 19.3 Å². The zero-order chi connectivity index (χ0) is 4.20. The Hall–Kier alpha value is 0.290. The molecule has 0 atom stereocenters. The molecule has 0 nitrogen and oxygen atoms in total. The summed E-state index contributed by atoms with van der Waals surface area (Å²) in [6.07, 6.45) is 3.69. The largest absolute Gasteiger partial charge is 0.119 e. The fraction of sp³-hybridized carbons (Fsp3) is 0.800. The standard InChI is InChI=1S/C5H6Cl/c6-5-1-4(2-5)3-5/h1-3H2. The molecule has 0 aromatic carbocycles. The fourth-order valence-electron chi connectivity index (χ4n) is 1.19. The number of rotatable bonds is 0. The molecule has 0 saturated heterocycles. The summed E-state index contributed by atoms with van der Waals surface area (Å²) in [7, 11) is 0. The number of hydrogen-bond acceptors (Lipinski definition) is 0. The molecule has 0 spiro atoms. The maximum atomic E-state index is 5.85. The predicted molar refractivity (Wildman–Crippen MR) is 25.7 cm³/mol. The third-order valence-corrected chi connectivity index (χ3v) is 2.10. The minimum atomic E-state index is 0.301. The zero-order valence-corrected chi connectivity index (χ0v) is 4.26. The smallest absolute Gasteiger partial charge is 0.0463 e. The van der Waals surface area contributed by atoms with Gasteiger partial charge in [0, 0.05) is 4.87 Å². The molecular formula is C5H6Cl. The second-order valence-corrected chi connectivity index (χ2v) is 3.23. The van der Waals surface area contributed by atoms with E-state index in [2.05, 4.69) is 0 Å². The van der Waals surface area contributed by atoms with Crippen molar-refractivity contribution < 1.29 is 0 Å². The van der Waals surface area contributed by atoms with E-state index in [-0.39, 0.29) is 0 Å². The molecule has 3 rings (SSSR count). The van der Waals surface area contributed by atoms with Crippen molar-refractivity contribution in [2.24, 2.45) is 0 Å². The molecule has 3 saturated carbocycles. The normalized spacial score (nSPS) is 37.5. The Labute approximate surface area is 42.5 Å². The van der Waals surface area contributed by atoms with E-state index >= 15 is 0 Å². The van der Waals surface area contributed by atoms with Gasteiger partial charge in [0.25, 0.3) is 0 Å². The molecule has 0 aromatic heterocycles. The van der Waals surface area contributed by atoms with E-state index < -0.39 is 0 Å². The number of alkyl halides is 1. The predicted octanol–water partition coefficient (Wildman–Crippen LogP) is 1.74. The minimum Gasteiger partial charge on any atom is -0.119 e. The molecule has 0 aromatic rings. The molecule has 3 aliphatic rings. The molecule has 3 aliphatic carbocycles. The van der Waals surface area contributed by atoms with Crippen LogP contribution in [0.3, 0.4) is 0 Å². The van der Waals surface area contributed by atoms with E-state index in [1.54, 1.807) is 5.92 Å². The summed E-state index contributed by atoms with van der Waals surface area (Å²) in [5.74, 6) is 1.69. The Balaban J connectivity index is 2.19. The lowest BCUT2D eigenvalue weighted by Gasteiger charge is -2.56. The van der Waals surface area contributed by atoms with E-state index in [0.717, 1.165) is 0 Å². The van der Waals surface area contributed by atoms with Gasteiger partial charge in [0.15, 0.2) is 0 Å². The van der Waals surface area contributed by atoms with Crippen molar-refractivity contribution in [3.05, 3.63) is 5.92 Å². The molecule has 0 aliphatic heterocycles. The third-order valence-electron chi connectivity index (χ3n) is 1.70. The van der Waals surface area contributed by atoms with E-state index in [4.69, 9.17) is 11.6 Å². The first-order valence-electron chi connectivity index (χ1n) is 2.31. The van der Waals surface area contributed by atoms with Crippen LogP contribution in [0.4, 0.5) is 0 Å². The average Bonchev–Trinajstić information content (AvgIpc) is 1.24. The van der Waals surface area contributed by atoms with Gasteiger partial charge in [-0.15, -0.1) is 11.6 Å². The maximum absolute atomic E-state index is 5.85. The molecule has 0 unspecified atom stereocenters. The first-order chi connectivity index (χ1) is 2.79. The van der Waals surface area contributed by atoms with Gasteiger partial charge in [-0.1, -0.05) is 0 Å². The van der Waals surface area contributed by atoms with Crippen LogP contribution in [-0.2, 0) is 0 Å². The lowest BCUT2D eigenvalue weighted by atomic mass is 9.55. The summed E-state index contributed by atoms with van der Waals surface area (Å²) in [6.45, 7) is 0. The molecule has 0 amide bonds. The van der Waals surface area contributed by atoms with Crippen molar-refractivity contribution in [3.63, 3.8) is 0 Å². The summed E-state index contributed by atoms with van der Waals surface area (Å²) >= 11 is 5.85. The Morgan fingerprint density at radius 1 is 1.33 bits per heavy atom. The summed E-state index contributed by atoms with van der Waals surface area (Å²) in [5, 5.41) is 0. The van der Waals surface area contributed by atoms with Crippen LogP contribution in [-0.4, -0.2) is 4.87 Å². The Morgan fingerprint density at radius 2 is 1.67 bits per heavy atom. The number of hydrogen-bond donors (Lipinski definition) is 0. The second-order valence-electron chi connectivity index (χ2n) is 2.43. The molecule has 0 heterocycles. The van der Waals surface area contributed by atoms with Crippen molar-refractivity contribution in [1.82, 2.24) is 0 Å². The molecule has 1 heteroatoms. The minimum absolute atomic E-state index is 0.301. The van der Waals surface area contributed by atoms with E-state index in [9.17, 15) is 0 Å². The van der Waals surface area contributed by atoms with Gasteiger partial charge in [0.2, 0.25) is 0 Å². The van der Waals surface area contributed by atoms with Crippen LogP contribution in [0.5, 0.6) is 0 Å². The van der Waals surface area contributed by atoms with Gasteiger partial charge >= 0.3 is 0 Å². The summed E-state index contributed by atoms with van der Waals surface area (Å²) in [4.78, 5) is 0.301. The third kappa shape index (κ3) is 0.199. The molecule has 2 bridgehead atoms. The fourth-order valence-corrected chi connectivity index (χ4v) is 1.76. The quantitative estimate of drug-likeness (QED) is 0.408. The number of halogens is 1. The molecule has 0 N–H and O–H groups in total. The first-order valence-corrected chi connectivity index (χ1v) is 2.69. The highest BCUT2D eigenvalue weighted by atomic mass is 35.5. The molecule has 1 radical (unpaired) electrons. The highest BCUT2D eigenvalue weighted by molar-refractivity contribution is 6.26. The SMILES string of the molecule is ClC12C[C](C1)C2. The van der Waals surface area contributed by atoms with Crippen molar-refractivity contribution in [2.45, 2.75) is 24.1 Å². The van der Waals surface area contributed by atoms with Crippen LogP contribution in [0.1, 0.15) is 19.3 Å². The monoisotopic (exact) mass is 101 g/mol. The summed E-state index contributed by atoms with van der Waals surface area (Å²) in [6, 6.07) is 0. The second kappa shape index (κ2) is 0.645. The molecular weight excluding hydrogens is 95.5 g/mol. The Morgan fingerprint density at radius 3 is 1.67 bits per heavy atom. The van der Waals surface area contributed by atoms with Crippen LogP contribution in [0, 0.1) is 5.92 Å². The molecule has 33 valence electrons. The van der Waals surface area contributed by atoms with E-state index in [1.807, 2.05) is 0 Å². The Bertz CT molecular complexity index is 70.9. The van der Waals surface area contributed by atoms with E-state index in [0.29, 0.717) is 4.87 Å². The van der Waals surface area contributed by atoms with Crippen LogP contribution in [0.2, 0.25) is 0 Å². The molecule has 3 fully saturated rings. The summed E-state index contributed by atoms with van der Waals surface area (Å²) in [5.41, 5.74) is 0. The highest BCUT2D eigenvalue weighted by Crippen LogP contribution is 2.63. The van der Waals surface area contributed by atoms with Crippen LogP contribution < -0.4 is 0 Å². The first kappa shape index (κ1) is 3.31. The maximum Gasteiger partial charge on any atom is 0.0463 e. The van der Waals surface area contributed by atoms with Gasteiger partial charge < -0.3 is 0 Å². The van der Waals surface area contributed by atoms with Gasteiger partial charge in [0.05, 0.1) is 0 Å². The lowest BCUT2D eigenvalue weighted by Crippen LogP contribution is -2.51. The van der Waals surface area contributed by atoms with Crippen molar-refractivity contribution >= 4 is 11.6 Å². The van der Waals surface area contributed by atoms with Crippen LogP contribution in [0.15, 0.2) is 0 Å². The highest BCUT2D eigenvalue weighted by Gasteiger charge is 2.55. The van der Waals surface area contributed by atoms with Crippen LogP contribution in [0.25, 0.3) is 0 Å². The van der Waals surface area contributed by atoms with Crippen molar-refractivity contribution in [3.8, 4) is 0 Å². The zero-order valence-electron chi connectivity index (χ0n) is 3.50. The van der Waals surface area contributed by atoms with Crippen LogP contribution >= 0.6 is 11.6 Å². The van der Waals surface area contributed by atoms with Gasteiger partial charge in [-0.2, -0.15) is 0 Å². The molecule has 6 heavy (non-hydrogen) atoms. The topological polar surface area (TPSA) is 0 Å². The van der Waals surface area contributed by atoms with Crippen molar-refractivity contribution in [1.29, 1.82) is 0 Å². The van der Waals surface area contributed by atoms with Crippen molar-refractivity contribution in [2.75, 3.05) is 0 Å². The summed E-state index contributed by atoms with van der Waals surface area (Å²) < 4.78 is 0. The lowest BCUT2D eigenvalue weighted by molar-refractivity contribution is 0.224.